The summed E-state index contributed by atoms with van der Waals surface area (Å²) in [5.41, 5.74) is 1.65. The van der Waals surface area contributed by atoms with Crippen LogP contribution in [0.3, 0.4) is 0 Å². The van der Waals surface area contributed by atoms with Gasteiger partial charge in [0, 0.05) is 37.8 Å². The summed E-state index contributed by atoms with van der Waals surface area (Å²) in [6, 6.07) is 5.47. The van der Waals surface area contributed by atoms with Gasteiger partial charge in [-0.1, -0.05) is 19.3 Å². The molecule has 1 fully saturated rings. The van der Waals surface area contributed by atoms with Crippen molar-refractivity contribution < 1.29 is 14.4 Å². The average Bonchev–Trinajstić information content (AvgIpc) is 3.13. The third-order valence-electron chi connectivity index (χ3n) is 6.14. The number of anilines is 1. The molecule has 1 aromatic carbocycles. The third kappa shape index (κ3) is 3.77. The number of benzene rings is 1. The van der Waals surface area contributed by atoms with Crippen molar-refractivity contribution in [1.82, 2.24) is 10.2 Å². The minimum atomic E-state index is -0.800. The van der Waals surface area contributed by atoms with Crippen LogP contribution in [-0.2, 0) is 16.0 Å². The fourth-order valence-corrected chi connectivity index (χ4v) is 4.52. The van der Waals surface area contributed by atoms with Crippen molar-refractivity contribution in [1.29, 1.82) is 0 Å². The summed E-state index contributed by atoms with van der Waals surface area (Å²) in [6.07, 6.45) is 5.13. The van der Waals surface area contributed by atoms with E-state index >= 15 is 0 Å². The third-order valence-corrected chi connectivity index (χ3v) is 6.14. The molecule has 3 rings (SSSR count). The van der Waals surface area contributed by atoms with Gasteiger partial charge in [0.1, 0.15) is 5.54 Å². The Morgan fingerprint density at radius 1 is 1.11 bits per heavy atom. The Kier molecular flexibility index (Phi) is 6.06. The first kappa shape index (κ1) is 20.4. The van der Waals surface area contributed by atoms with Crippen molar-refractivity contribution in [3.05, 3.63) is 29.3 Å². The molecular formula is C22H31N3O3. The molecule has 0 radical (unpaired) electrons. The van der Waals surface area contributed by atoms with Crippen molar-refractivity contribution >= 4 is 23.4 Å². The summed E-state index contributed by atoms with van der Waals surface area (Å²) >= 11 is 0. The van der Waals surface area contributed by atoms with E-state index in [1.165, 1.54) is 0 Å². The largest absolute Gasteiger partial charge is 0.341 e. The number of amides is 3. The maximum atomic E-state index is 13.2. The number of carbonyl (C=O) groups excluding carboxylic acids is 3. The van der Waals surface area contributed by atoms with Crippen LogP contribution in [-0.4, -0.2) is 47.8 Å². The zero-order valence-corrected chi connectivity index (χ0v) is 17.2. The molecule has 1 saturated carbocycles. The maximum absolute atomic E-state index is 13.2. The Morgan fingerprint density at radius 2 is 1.79 bits per heavy atom. The molecule has 0 spiro atoms. The van der Waals surface area contributed by atoms with Crippen LogP contribution >= 0.6 is 0 Å². The first-order valence-electron chi connectivity index (χ1n) is 10.4. The predicted octanol–water partition coefficient (Wildman–Crippen LogP) is 2.90. The minimum absolute atomic E-state index is 0.0157. The number of rotatable bonds is 5. The van der Waals surface area contributed by atoms with Crippen LogP contribution in [0.25, 0.3) is 0 Å². The Labute approximate surface area is 167 Å². The molecule has 6 heteroatoms. The molecule has 0 aromatic heterocycles. The molecule has 6 nitrogen and oxygen atoms in total. The van der Waals surface area contributed by atoms with Crippen molar-refractivity contribution in [3.63, 3.8) is 0 Å². The number of hydrogen-bond acceptors (Lipinski definition) is 3. The van der Waals surface area contributed by atoms with Gasteiger partial charge in [-0.05, 0) is 56.9 Å². The van der Waals surface area contributed by atoms with Crippen molar-refractivity contribution in [2.75, 3.05) is 24.5 Å². The standard InChI is InChI=1S/C22H31N3O3/c1-4-24(5-2)21(28)22(12-7-6-8-13-22)23-20(27)18-9-10-19-17(15-18)11-14-25(19)16(3)26/h9-10,15H,4-8,11-14H2,1-3H3,(H,23,27). The number of likely N-dealkylation sites (N-methyl/N-ethyl adjacent to an activating group) is 1. The minimum Gasteiger partial charge on any atom is -0.341 e. The van der Waals surface area contributed by atoms with E-state index in [9.17, 15) is 14.4 Å². The van der Waals surface area contributed by atoms with Gasteiger partial charge >= 0.3 is 0 Å². The molecule has 1 heterocycles. The van der Waals surface area contributed by atoms with E-state index in [2.05, 4.69) is 5.32 Å². The van der Waals surface area contributed by atoms with Crippen LogP contribution in [0.2, 0.25) is 0 Å². The van der Waals surface area contributed by atoms with Gasteiger partial charge in [0.2, 0.25) is 11.8 Å². The molecule has 0 bridgehead atoms. The van der Waals surface area contributed by atoms with Gasteiger partial charge in [0.15, 0.2) is 0 Å². The second-order valence-corrected chi connectivity index (χ2v) is 7.84. The SMILES string of the molecule is CCN(CC)C(=O)C1(NC(=O)c2ccc3c(c2)CCN3C(C)=O)CCCCC1. The lowest BCUT2D eigenvalue weighted by atomic mass is 9.80. The molecule has 3 amide bonds. The smallest absolute Gasteiger partial charge is 0.252 e. The topological polar surface area (TPSA) is 69.7 Å². The Balaban J connectivity index is 1.83. The summed E-state index contributed by atoms with van der Waals surface area (Å²) in [5, 5.41) is 3.11. The fraction of sp³-hybridized carbons (Fsp3) is 0.591. The van der Waals surface area contributed by atoms with Crippen molar-refractivity contribution in [2.24, 2.45) is 0 Å². The number of fused-ring (bicyclic) bond motifs is 1. The van der Waals surface area contributed by atoms with E-state index in [1.54, 1.807) is 17.9 Å². The number of hydrogen-bond donors (Lipinski definition) is 1. The Hall–Kier alpha value is -2.37. The zero-order valence-electron chi connectivity index (χ0n) is 17.2. The molecule has 28 heavy (non-hydrogen) atoms. The van der Waals surface area contributed by atoms with E-state index in [1.807, 2.05) is 30.9 Å². The summed E-state index contributed by atoms with van der Waals surface area (Å²) in [7, 11) is 0. The van der Waals surface area contributed by atoms with Gasteiger partial charge < -0.3 is 15.1 Å². The summed E-state index contributed by atoms with van der Waals surface area (Å²) in [4.78, 5) is 41.6. The second-order valence-electron chi connectivity index (χ2n) is 7.84. The second kappa shape index (κ2) is 8.33. The van der Waals surface area contributed by atoms with Gasteiger partial charge in [0.05, 0.1) is 0 Å². The van der Waals surface area contributed by atoms with E-state index in [4.69, 9.17) is 0 Å². The van der Waals surface area contributed by atoms with Crippen LogP contribution in [0.1, 0.15) is 68.8 Å². The average molecular weight is 386 g/mol. The summed E-state index contributed by atoms with van der Waals surface area (Å²) in [5.74, 6) is -0.150. The molecule has 1 aliphatic carbocycles. The highest BCUT2D eigenvalue weighted by Gasteiger charge is 2.43. The highest BCUT2D eigenvalue weighted by atomic mass is 16.2. The van der Waals surface area contributed by atoms with E-state index in [-0.39, 0.29) is 17.7 Å². The summed E-state index contributed by atoms with van der Waals surface area (Å²) in [6.45, 7) is 7.45. The van der Waals surface area contributed by atoms with E-state index in [0.29, 0.717) is 38.0 Å². The zero-order chi connectivity index (χ0) is 20.3. The van der Waals surface area contributed by atoms with Crippen LogP contribution in [0.15, 0.2) is 18.2 Å². The first-order chi connectivity index (χ1) is 13.4. The first-order valence-corrected chi connectivity index (χ1v) is 10.4. The van der Waals surface area contributed by atoms with Crippen molar-refractivity contribution in [3.8, 4) is 0 Å². The number of carbonyl (C=O) groups is 3. The van der Waals surface area contributed by atoms with Gasteiger partial charge in [-0.25, -0.2) is 0 Å². The van der Waals surface area contributed by atoms with Crippen molar-refractivity contribution in [2.45, 2.75) is 64.8 Å². The summed E-state index contributed by atoms with van der Waals surface area (Å²) < 4.78 is 0. The molecule has 1 aromatic rings. The number of nitrogens with zero attached hydrogens (tertiary/aromatic N) is 2. The fourth-order valence-electron chi connectivity index (χ4n) is 4.52. The van der Waals surface area contributed by atoms with Gasteiger partial charge in [0.25, 0.3) is 5.91 Å². The van der Waals surface area contributed by atoms with E-state index < -0.39 is 5.54 Å². The van der Waals surface area contributed by atoms with Gasteiger partial charge in [-0.15, -0.1) is 0 Å². The Morgan fingerprint density at radius 3 is 2.39 bits per heavy atom. The highest BCUT2D eigenvalue weighted by molar-refractivity contribution is 6.01. The molecule has 1 aliphatic heterocycles. The maximum Gasteiger partial charge on any atom is 0.252 e. The molecule has 2 aliphatic rings. The molecule has 0 atom stereocenters. The quantitative estimate of drug-likeness (QED) is 0.847. The molecule has 0 unspecified atom stereocenters. The predicted molar refractivity (Wildman–Crippen MR) is 109 cm³/mol. The normalized spacial score (nSPS) is 17.8. The van der Waals surface area contributed by atoms with Gasteiger partial charge in [-0.3, -0.25) is 14.4 Å². The van der Waals surface area contributed by atoms with Crippen LogP contribution in [0, 0.1) is 0 Å². The van der Waals surface area contributed by atoms with Crippen LogP contribution in [0.4, 0.5) is 5.69 Å². The van der Waals surface area contributed by atoms with Crippen LogP contribution in [0.5, 0.6) is 0 Å². The molecule has 1 N–H and O–H groups in total. The van der Waals surface area contributed by atoms with Crippen LogP contribution < -0.4 is 10.2 Å². The highest BCUT2D eigenvalue weighted by Crippen LogP contribution is 2.32. The lowest BCUT2D eigenvalue weighted by Crippen LogP contribution is -2.60. The lowest BCUT2D eigenvalue weighted by molar-refractivity contribution is -0.139. The monoisotopic (exact) mass is 385 g/mol. The molecule has 152 valence electrons. The van der Waals surface area contributed by atoms with E-state index in [0.717, 1.165) is 36.9 Å². The lowest BCUT2D eigenvalue weighted by Gasteiger charge is -2.40. The van der Waals surface area contributed by atoms with Gasteiger partial charge in [-0.2, -0.15) is 0 Å². The Bertz CT molecular complexity index is 764. The molecular weight excluding hydrogens is 354 g/mol. The number of nitrogens with one attached hydrogen (secondary N) is 1. The molecule has 0 saturated heterocycles.